The van der Waals surface area contributed by atoms with Gasteiger partial charge in [0.25, 0.3) is 0 Å². The molecule has 0 aliphatic carbocycles. The van der Waals surface area contributed by atoms with E-state index in [1.807, 2.05) is 23.1 Å². The number of carboxylic acids is 1. The monoisotopic (exact) mass is 479 g/mol. The maximum Gasteiger partial charge on any atom is 0.326 e. The van der Waals surface area contributed by atoms with Crippen LogP contribution in [0.3, 0.4) is 0 Å². The van der Waals surface area contributed by atoms with Crippen molar-refractivity contribution in [3.8, 4) is 0 Å². The van der Waals surface area contributed by atoms with E-state index in [1.165, 1.54) is 12.0 Å². The molecule has 4 rings (SSSR count). The SMILES string of the molecule is O=C(O)[C@H](CCCCCCCc1ccc2c(n1)NCCC2)NC(=O)[C@@H]1CCCN1c1ccccn1. The van der Waals surface area contributed by atoms with Gasteiger partial charge >= 0.3 is 5.97 Å². The minimum Gasteiger partial charge on any atom is -0.480 e. The Bertz CT molecular complexity index is 984. The summed E-state index contributed by atoms with van der Waals surface area (Å²) in [5.41, 5.74) is 2.45. The summed E-state index contributed by atoms with van der Waals surface area (Å²) < 4.78 is 0. The number of fused-ring (bicyclic) bond motifs is 1. The molecule has 8 nitrogen and oxygen atoms in total. The first kappa shape index (κ1) is 24.9. The van der Waals surface area contributed by atoms with Crippen molar-refractivity contribution in [2.45, 2.75) is 82.7 Å². The van der Waals surface area contributed by atoms with Crippen LogP contribution >= 0.6 is 0 Å². The molecule has 188 valence electrons. The highest BCUT2D eigenvalue weighted by molar-refractivity contribution is 5.89. The molecule has 4 heterocycles. The molecule has 0 aromatic carbocycles. The van der Waals surface area contributed by atoms with Gasteiger partial charge in [0.1, 0.15) is 23.7 Å². The third-order valence-electron chi connectivity index (χ3n) is 6.99. The van der Waals surface area contributed by atoms with Crippen LogP contribution in [-0.4, -0.2) is 52.1 Å². The van der Waals surface area contributed by atoms with E-state index in [-0.39, 0.29) is 11.9 Å². The minimum absolute atomic E-state index is 0.215. The van der Waals surface area contributed by atoms with Crippen LogP contribution < -0.4 is 15.5 Å². The van der Waals surface area contributed by atoms with Crippen LogP contribution in [-0.2, 0) is 22.4 Å². The van der Waals surface area contributed by atoms with E-state index in [1.54, 1.807) is 6.20 Å². The number of nitrogens with one attached hydrogen (secondary N) is 2. The van der Waals surface area contributed by atoms with Crippen molar-refractivity contribution in [1.29, 1.82) is 0 Å². The fraction of sp³-hybridized carbons (Fsp3) is 0.556. The maximum absolute atomic E-state index is 12.9. The lowest BCUT2D eigenvalue weighted by atomic mass is 10.0. The highest BCUT2D eigenvalue weighted by Crippen LogP contribution is 2.24. The number of aliphatic carboxylic acids is 1. The van der Waals surface area contributed by atoms with Crippen molar-refractivity contribution in [1.82, 2.24) is 15.3 Å². The molecular weight excluding hydrogens is 442 g/mol. The van der Waals surface area contributed by atoms with E-state index >= 15 is 0 Å². The van der Waals surface area contributed by atoms with Crippen LogP contribution in [0.5, 0.6) is 0 Å². The molecule has 1 amide bonds. The Kier molecular flexibility index (Phi) is 8.92. The van der Waals surface area contributed by atoms with E-state index in [0.29, 0.717) is 12.8 Å². The number of aromatic nitrogens is 2. The number of nitrogens with zero attached hydrogens (tertiary/aromatic N) is 3. The van der Waals surface area contributed by atoms with Crippen molar-refractivity contribution < 1.29 is 14.7 Å². The molecule has 0 saturated carbocycles. The van der Waals surface area contributed by atoms with Gasteiger partial charge in [0.2, 0.25) is 5.91 Å². The predicted molar refractivity (Wildman–Crippen MR) is 137 cm³/mol. The molecule has 2 aliphatic heterocycles. The third kappa shape index (κ3) is 6.93. The number of anilines is 2. The van der Waals surface area contributed by atoms with Crippen LogP contribution in [0, 0.1) is 0 Å². The third-order valence-corrected chi connectivity index (χ3v) is 6.99. The highest BCUT2D eigenvalue weighted by Gasteiger charge is 2.33. The molecule has 2 aromatic rings. The first-order valence-corrected chi connectivity index (χ1v) is 13.1. The zero-order valence-electron chi connectivity index (χ0n) is 20.4. The van der Waals surface area contributed by atoms with Gasteiger partial charge in [-0.2, -0.15) is 0 Å². The molecule has 0 radical (unpaired) electrons. The Morgan fingerprint density at radius 2 is 1.97 bits per heavy atom. The maximum atomic E-state index is 12.9. The molecule has 0 unspecified atom stereocenters. The van der Waals surface area contributed by atoms with E-state index in [9.17, 15) is 14.7 Å². The minimum atomic E-state index is -0.965. The molecule has 2 atom stereocenters. The zero-order chi connectivity index (χ0) is 24.5. The van der Waals surface area contributed by atoms with Crippen LogP contribution in [0.15, 0.2) is 36.5 Å². The normalized spacial score (nSPS) is 17.9. The van der Waals surface area contributed by atoms with E-state index < -0.39 is 12.0 Å². The second-order valence-electron chi connectivity index (χ2n) is 9.59. The first-order valence-electron chi connectivity index (χ1n) is 13.1. The van der Waals surface area contributed by atoms with Crippen LogP contribution in [0.1, 0.15) is 69.0 Å². The van der Waals surface area contributed by atoms with Crippen molar-refractivity contribution >= 4 is 23.5 Å². The molecular formula is C27H37N5O3. The smallest absolute Gasteiger partial charge is 0.326 e. The predicted octanol–water partition coefficient (Wildman–Crippen LogP) is 3.96. The number of amides is 1. The zero-order valence-corrected chi connectivity index (χ0v) is 20.4. The number of aryl methyl sites for hydroxylation is 2. The second kappa shape index (κ2) is 12.5. The molecule has 0 spiro atoms. The summed E-state index contributed by atoms with van der Waals surface area (Å²) in [4.78, 5) is 35.7. The molecule has 1 fully saturated rings. The topological polar surface area (TPSA) is 107 Å². The quantitative estimate of drug-likeness (QED) is 0.396. The summed E-state index contributed by atoms with van der Waals surface area (Å²) in [6.07, 6.45) is 12.0. The van der Waals surface area contributed by atoms with Gasteiger partial charge in [-0.1, -0.05) is 37.8 Å². The van der Waals surface area contributed by atoms with Gasteiger partial charge in [0, 0.05) is 25.0 Å². The fourth-order valence-corrected chi connectivity index (χ4v) is 5.06. The standard InChI is InChI=1S/C27H37N5O3/c33-26(23-13-9-19-32(23)24-14-6-7-17-28-24)31-22(27(34)35)12-5-3-1-2-4-11-21-16-15-20-10-8-18-29-25(20)30-21/h6-7,14-17,22-23H,1-5,8-13,18-19H2,(H,29,30)(H,31,33)(H,34,35)/t22-,23-/m0/s1. The summed E-state index contributed by atoms with van der Waals surface area (Å²) in [6.45, 7) is 1.76. The first-order chi connectivity index (χ1) is 17.1. The van der Waals surface area contributed by atoms with Gasteiger partial charge in [-0.05, 0) is 68.7 Å². The lowest BCUT2D eigenvalue weighted by Crippen LogP contribution is -2.49. The fourth-order valence-electron chi connectivity index (χ4n) is 5.06. The average molecular weight is 480 g/mol. The van der Waals surface area contributed by atoms with Gasteiger partial charge in [0.15, 0.2) is 0 Å². The van der Waals surface area contributed by atoms with Gasteiger partial charge in [-0.3, -0.25) is 4.79 Å². The number of unbranched alkanes of at least 4 members (excludes halogenated alkanes) is 4. The van der Waals surface area contributed by atoms with Gasteiger partial charge in [0.05, 0.1) is 0 Å². The Morgan fingerprint density at radius 1 is 1.11 bits per heavy atom. The van der Waals surface area contributed by atoms with Gasteiger partial charge in [-0.15, -0.1) is 0 Å². The van der Waals surface area contributed by atoms with Gasteiger partial charge < -0.3 is 20.6 Å². The van der Waals surface area contributed by atoms with Crippen molar-refractivity contribution in [2.75, 3.05) is 23.3 Å². The Labute approximate surface area is 207 Å². The second-order valence-corrected chi connectivity index (χ2v) is 9.59. The number of hydrogen-bond donors (Lipinski definition) is 3. The van der Waals surface area contributed by atoms with Crippen molar-refractivity contribution in [3.05, 3.63) is 47.8 Å². The van der Waals surface area contributed by atoms with E-state index in [4.69, 9.17) is 4.98 Å². The van der Waals surface area contributed by atoms with Crippen LogP contribution in [0.25, 0.3) is 0 Å². The number of carbonyl (C=O) groups excluding carboxylic acids is 1. The van der Waals surface area contributed by atoms with E-state index in [0.717, 1.165) is 81.8 Å². The number of pyridine rings is 2. The molecule has 8 heteroatoms. The summed E-state index contributed by atoms with van der Waals surface area (Å²) in [6, 6.07) is 8.77. The molecule has 2 aromatic heterocycles. The average Bonchev–Trinajstić information content (AvgIpc) is 3.38. The number of rotatable bonds is 12. The van der Waals surface area contributed by atoms with Crippen LogP contribution in [0.4, 0.5) is 11.6 Å². The largest absolute Gasteiger partial charge is 0.480 e. The molecule has 3 N–H and O–H groups in total. The van der Waals surface area contributed by atoms with Crippen molar-refractivity contribution in [3.63, 3.8) is 0 Å². The van der Waals surface area contributed by atoms with Crippen molar-refractivity contribution in [2.24, 2.45) is 0 Å². The molecule has 2 aliphatic rings. The number of hydrogen-bond acceptors (Lipinski definition) is 6. The summed E-state index contributed by atoms with van der Waals surface area (Å²) in [7, 11) is 0. The highest BCUT2D eigenvalue weighted by atomic mass is 16.4. The Hall–Kier alpha value is -3.16. The lowest BCUT2D eigenvalue weighted by Gasteiger charge is -2.26. The van der Waals surface area contributed by atoms with Crippen LogP contribution in [0.2, 0.25) is 0 Å². The lowest BCUT2D eigenvalue weighted by molar-refractivity contribution is -0.142. The summed E-state index contributed by atoms with van der Waals surface area (Å²) >= 11 is 0. The number of carboxylic acid groups (broad SMARTS) is 1. The number of carbonyl (C=O) groups is 2. The van der Waals surface area contributed by atoms with E-state index in [2.05, 4.69) is 27.8 Å². The Morgan fingerprint density at radius 3 is 2.80 bits per heavy atom. The molecule has 0 bridgehead atoms. The summed E-state index contributed by atoms with van der Waals surface area (Å²) in [5.74, 6) is 0.635. The Balaban J connectivity index is 1.15. The van der Waals surface area contributed by atoms with Gasteiger partial charge in [-0.25, -0.2) is 14.8 Å². The molecule has 1 saturated heterocycles. The summed E-state index contributed by atoms with van der Waals surface area (Å²) in [5, 5.41) is 15.8. The molecule has 35 heavy (non-hydrogen) atoms.